The molecule has 0 saturated heterocycles. The lowest BCUT2D eigenvalue weighted by Crippen LogP contribution is -2.36. The minimum Gasteiger partial charge on any atom is -0.309 e. The van der Waals surface area contributed by atoms with Gasteiger partial charge in [-0.25, -0.2) is 4.98 Å². The molecule has 0 unspecified atom stereocenters. The van der Waals surface area contributed by atoms with Gasteiger partial charge in [0, 0.05) is 17.0 Å². The van der Waals surface area contributed by atoms with Gasteiger partial charge in [0.05, 0.1) is 34.7 Å². The number of carbonyl (C=O) groups is 1. The maximum Gasteiger partial charge on any atom is 0.232 e. The lowest BCUT2D eigenvalue weighted by atomic mass is 10.1. The van der Waals surface area contributed by atoms with E-state index in [4.69, 9.17) is 0 Å². The molecule has 1 N–H and O–H groups in total. The highest BCUT2D eigenvalue weighted by Gasteiger charge is 2.25. The third-order valence-corrected chi connectivity index (χ3v) is 5.51. The smallest absolute Gasteiger partial charge is 0.232 e. The van der Waals surface area contributed by atoms with Gasteiger partial charge in [-0.1, -0.05) is 29.8 Å². The maximum atomic E-state index is 12.9. The number of nitrogens with one attached hydrogen (secondary N) is 1. The molecule has 0 spiro atoms. The molecular formula is C19H20N4OS. The van der Waals surface area contributed by atoms with Crippen LogP contribution in [0, 0.1) is 13.8 Å². The zero-order valence-corrected chi connectivity index (χ0v) is 15.2. The molecule has 1 aromatic carbocycles. The summed E-state index contributed by atoms with van der Waals surface area (Å²) < 4.78 is 0. The standard InChI is InChI=1S/C19H20N4OS/c1-12-5-7-14(8-6-12)19-17(25-13(2)21-19)10-18(24)23-9-3-4-15-16(23)11-20-22-15/h5-8,11H,3-4,9-10H2,1-2H3,(H,20,22). The number of carbonyl (C=O) groups excluding carboxylic acids is 1. The maximum absolute atomic E-state index is 12.9. The predicted octanol–water partition coefficient (Wildman–Crippen LogP) is 3.67. The molecular weight excluding hydrogens is 332 g/mol. The Morgan fingerprint density at radius 3 is 2.88 bits per heavy atom. The van der Waals surface area contributed by atoms with E-state index in [2.05, 4.69) is 46.4 Å². The molecule has 1 aliphatic heterocycles. The summed E-state index contributed by atoms with van der Waals surface area (Å²) in [6, 6.07) is 8.32. The van der Waals surface area contributed by atoms with Gasteiger partial charge in [0.1, 0.15) is 0 Å². The fourth-order valence-electron chi connectivity index (χ4n) is 3.28. The Kier molecular flexibility index (Phi) is 4.13. The number of nitrogens with zero attached hydrogens (tertiary/aromatic N) is 3. The van der Waals surface area contributed by atoms with Crippen molar-refractivity contribution in [1.29, 1.82) is 0 Å². The zero-order valence-electron chi connectivity index (χ0n) is 14.4. The number of aromatic amines is 1. The Morgan fingerprint density at radius 1 is 1.28 bits per heavy atom. The van der Waals surface area contributed by atoms with E-state index < -0.39 is 0 Å². The Bertz CT molecular complexity index is 910. The summed E-state index contributed by atoms with van der Waals surface area (Å²) in [5, 5.41) is 8.08. The number of anilines is 1. The van der Waals surface area contributed by atoms with Crippen molar-refractivity contribution < 1.29 is 4.79 Å². The van der Waals surface area contributed by atoms with Crippen molar-refractivity contribution in [3.8, 4) is 11.3 Å². The Labute approximate surface area is 150 Å². The van der Waals surface area contributed by atoms with Crippen LogP contribution in [0.3, 0.4) is 0 Å². The summed E-state index contributed by atoms with van der Waals surface area (Å²) in [6.45, 7) is 4.81. The highest BCUT2D eigenvalue weighted by Crippen LogP contribution is 2.31. The third-order valence-electron chi connectivity index (χ3n) is 4.54. The van der Waals surface area contributed by atoms with E-state index in [-0.39, 0.29) is 5.91 Å². The van der Waals surface area contributed by atoms with Gasteiger partial charge in [0.25, 0.3) is 0 Å². The molecule has 3 heterocycles. The van der Waals surface area contributed by atoms with Crippen molar-refractivity contribution in [2.75, 3.05) is 11.4 Å². The van der Waals surface area contributed by atoms with Crippen molar-refractivity contribution in [2.24, 2.45) is 0 Å². The van der Waals surface area contributed by atoms with Crippen molar-refractivity contribution in [2.45, 2.75) is 33.1 Å². The number of amides is 1. The molecule has 0 bridgehead atoms. The summed E-state index contributed by atoms with van der Waals surface area (Å²) in [5.74, 6) is 0.111. The third kappa shape index (κ3) is 3.09. The van der Waals surface area contributed by atoms with Gasteiger partial charge in [-0.05, 0) is 26.7 Å². The first-order chi connectivity index (χ1) is 12.1. The van der Waals surface area contributed by atoms with Crippen LogP contribution >= 0.6 is 11.3 Å². The number of hydrogen-bond donors (Lipinski definition) is 1. The molecule has 0 saturated carbocycles. The molecule has 6 heteroatoms. The second-order valence-electron chi connectivity index (χ2n) is 6.43. The fourth-order valence-corrected chi connectivity index (χ4v) is 4.22. The topological polar surface area (TPSA) is 61.9 Å². The van der Waals surface area contributed by atoms with Crippen LogP contribution in [0.5, 0.6) is 0 Å². The van der Waals surface area contributed by atoms with Crippen molar-refractivity contribution in [1.82, 2.24) is 15.2 Å². The second kappa shape index (κ2) is 6.44. The lowest BCUT2D eigenvalue weighted by Gasteiger charge is -2.26. The monoisotopic (exact) mass is 352 g/mol. The first-order valence-electron chi connectivity index (χ1n) is 8.48. The molecule has 0 aliphatic carbocycles. The Balaban J connectivity index is 1.62. The number of H-pyrrole nitrogens is 1. The molecule has 3 aromatic rings. The molecule has 1 amide bonds. The number of hydrogen-bond acceptors (Lipinski definition) is 4. The summed E-state index contributed by atoms with van der Waals surface area (Å²) >= 11 is 1.61. The Morgan fingerprint density at radius 2 is 2.08 bits per heavy atom. The van der Waals surface area contributed by atoms with Crippen LogP contribution in [0.1, 0.15) is 27.6 Å². The van der Waals surface area contributed by atoms with E-state index in [1.54, 1.807) is 17.5 Å². The average molecular weight is 352 g/mol. The molecule has 25 heavy (non-hydrogen) atoms. The number of rotatable bonds is 3. The number of aromatic nitrogens is 3. The first kappa shape index (κ1) is 16.0. The largest absolute Gasteiger partial charge is 0.309 e. The number of aryl methyl sites for hydroxylation is 3. The molecule has 128 valence electrons. The van der Waals surface area contributed by atoms with Gasteiger partial charge in [0.2, 0.25) is 5.91 Å². The first-order valence-corrected chi connectivity index (χ1v) is 9.29. The van der Waals surface area contributed by atoms with Crippen LogP contribution in [-0.2, 0) is 17.6 Å². The van der Waals surface area contributed by atoms with E-state index in [0.29, 0.717) is 6.42 Å². The van der Waals surface area contributed by atoms with Gasteiger partial charge in [-0.15, -0.1) is 11.3 Å². The van der Waals surface area contributed by atoms with E-state index in [0.717, 1.165) is 51.9 Å². The Hall–Kier alpha value is -2.47. The highest BCUT2D eigenvalue weighted by atomic mass is 32.1. The van der Waals surface area contributed by atoms with Crippen molar-refractivity contribution >= 4 is 22.9 Å². The molecule has 0 radical (unpaired) electrons. The van der Waals surface area contributed by atoms with E-state index in [1.807, 2.05) is 11.8 Å². The predicted molar refractivity (Wildman–Crippen MR) is 100.0 cm³/mol. The summed E-state index contributed by atoms with van der Waals surface area (Å²) in [5.41, 5.74) is 5.20. The van der Waals surface area contributed by atoms with Gasteiger partial charge in [0.15, 0.2) is 0 Å². The molecule has 5 nitrogen and oxygen atoms in total. The van der Waals surface area contributed by atoms with Gasteiger partial charge in [-0.3, -0.25) is 9.89 Å². The molecule has 1 aliphatic rings. The summed E-state index contributed by atoms with van der Waals surface area (Å²) in [4.78, 5) is 20.5. The highest BCUT2D eigenvalue weighted by molar-refractivity contribution is 7.12. The molecule has 0 fully saturated rings. The minimum absolute atomic E-state index is 0.111. The van der Waals surface area contributed by atoms with Crippen LogP contribution in [0.2, 0.25) is 0 Å². The number of fused-ring (bicyclic) bond motifs is 1. The number of thiazole rings is 1. The fraction of sp³-hybridized carbons (Fsp3) is 0.316. The van der Waals surface area contributed by atoms with Crippen molar-refractivity contribution in [3.05, 3.63) is 51.6 Å². The van der Waals surface area contributed by atoms with E-state index in [9.17, 15) is 4.79 Å². The van der Waals surface area contributed by atoms with Crippen LogP contribution in [0.4, 0.5) is 5.69 Å². The quantitative estimate of drug-likeness (QED) is 0.782. The van der Waals surface area contributed by atoms with Gasteiger partial charge < -0.3 is 4.90 Å². The zero-order chi connectivity index (χ0) is 17.4. The van der Waals surface area contributed by atoms with Crippen LogP contribution in [0.25, 0.3) is 11.3 Å². The van der Waals surface area contributed by atoms with Gasteiger partial charge in [-0.2, -0.15) is 5.10 Å². The molecule has 4 rings (SSSR count). The van der Waals surface area contributed by atoms with Gasteiger partial charge >= 0.3 is 0 Å². The second-order valence-corrected chi connectivity index (χ2v) is 7.72. The minimum atomic E-state index is 0.111. The molecule has 2 aromatic heterocycles. The molecule has 0 atom stereocenters. The summed E-state index contributed by atoms with van der Waals surface area (Å²) in [6.07, 6.45) is 4.05. The normalized spacial score (nSPS) is 13.8. The average Bonchev–Trinajstić information content (AvgIpc) is 3.21. The SMILES string of the molecule is Cc1ccc(-c2nc(C)sc2CC(=O)N2CCCc3[nH]ncc32)cc1. The number of benzene rings is 1. The summed E-state index contributed by atoms with van der Waals surface area (Å²) in [7, 11) is 0. The van der Waals surface area contributed by atoms with E-state index >= 15 is 0 Å². The van der Waals surface area contributed by atoms with Crippen LogP contribution in [-0.4, -0.2) is 27.6 Å². The van der Waals surface area contributed by atoms with Crippen LogP contribution in [0.15, 0.2) is 30.5 Å². The van der Waals surface area contributed by atoms with Crippen molar-refractivity contribution in [3.63, 3.8) is 0 Å². The van der Waals surface area contributed by atoms with Crippen LogP contribution < -0.4 is 4.90 Å². The lowest BCUT2D eigenvalue weighted by molar-refractivity contribution is -0.118. The van der Waals surface area contributed by atoms with E-state index in [1.165, 1.54) is 5.56 Å².